The van der Waals surface area contributed by atoms with E-state index in [4.69, 9.17) is 4.52 Å². The third-order valence-corrected chi connectivity index (χ3v) is 2.67. The zero-order chi connectivity index (χ0) is 13.7. The van der Waals surface area contributed by atoms with E-state index < -0.39 is 0 Å². The summed E-state index contributed by atoms with van der Waals surface area (Å²) in [4.78, 5) is 11.6. The van der Waals surface area contributed by atoms with Crippen LogP contribution in [-0.2, 0) is 11.3 Å². The quantitative estimate of drug-likeness (QED) is 0.862. The molecule has 2 N–H and O–H groups in total. The minimum atomic E-state index is -0.0822. The van der Waals surface area contributed by atoms with Gasteiger partial charge in [0, 0.05) is 12.6 Å². The van der Waals surface area contributed by atoms with Crippen LogP contribution in [0, 0.1) is 13.8 Å². The van der Waals surface area contributed by atoms with E-state index in [-0.39, 0.29) is 12.5 Å². The van der Waals surface area contributed by atoms with Crippen LogP contribution in [0.2, 0.25) is 0 Å². The van der Waals surface area contributed by atoms with Crippen molar-refractivity contribution in [1.82, 2.24) is 10.5 Å². The molecule has 1 amide bonds. The number of aromatic nitrogens is 1. The largest absolute Gasteiger partial charge is 0.360 e. The molecule has 5 nitrogen and oxygen atoms in total. The lowest BCUT2D eigenvalue weighted by molar-refractivity contribution is -0.119. The number of benzene rings is 1. The van der Waals surface area contributed by atoms with E-state index in [0.717, 1.165) is 5.56 Å². The van der Waals surface area contributed by atoms with Crippen molar-refractivity contribution in [2.75, 3.05) is 11.9 Å². The minimum Gasteiger partial charge on any atom is -0.360 e. The topological polar surface area (TPSA) is 67.2 Å². The molecule has 1 aromatic carbocycles. The van der Waals surface area contributed by atoms with Crippen molar-refractivity contribution >= 4 is 11.7 Å². The molecule has 1 heterocycles. The molecule has 2 aromatic rings. The van der Waals surface area contributed by atoms with Crippen molar-refractivity contribution in [3.8, 4) is 0 Å². The van der Waals surface area contributed by atoms with Crippen molar-refractivity contribution in [3.63, 3.8) is 0 Å². The zero-order valence-electron chi connectivity index (χ0n) is 11.1. The third kappa shape index (κ3) is 4.13. The van der Waals surface area contributed by atoms with Gasteiger partial charge in [-0.05, 0) is 19.4 Å². The number of nitrogens with one attached hydrogen (secondary N) is 2. The predicted octanol–water partition coefficient (Wildman–Crippen LogP) is 2.02. The van der Waals surface area contributed by atoms with Gasteiger partial charge in [-0.1, -0.05) is 35.0 Å². The number of amides is 1. The molecule has 0 radical (unpaired) electrons. The second-order valence-electron chi connectivity index (χ2n) is 4.44. The molecular weight excluding hydrogens is 242 g/mol. The Kier molecular flexibility index (Phi) is 4.18. The Balaban J connectivity index is 1.74. The number of aryl methyl sites for hydroxylation is 2. The number of rotatable bonds is 5. The summed E-state index contributed by atoms with van der Waals surface area (Å²) in [5.74, 6) is 1.20. The molecule has 0 saturated carbocycles. The van der Waals surface area contributed by atoms with Crippen LogP contribution in [0.4, 0.5) is 5.82 Å². The van der Waals surface area contributed by atoms with Crippen molar-refractivity contribution in [1.29, 1.82) is 0 Å². The number of hydrogen-bond acceptors (Lipinski definition) is 4. The molecule has 0 saturated heterocycles. The highest BCUT2D eigenvalue weighted by Gasteiger charge is 2.04. The summed E-state index contributed by atoms with van der Waals surface area (Å²) in [6.07, 6.45) is 0. The standard InChI is InChI=1S/C14H17N3O2/c1-10-3-5-12(6-4-10)8-16-14(18)9-15-13-7-11(2)19-17-13/h3-7H,8-9H2,1-2H3,(H,15,17)(H,16,18). The van der Waals surface area contributed by atoms with Crippen LogP contribution in [-0.4, -0.2) is 17.6 Å². The Morgan fingerprint density at radius 3 is 2.63 bits per heavy atom. The predicted molar refractivity (Wildman–Crippen MR) is 72.8 cm³/mol. The van der Waals surface area contributed by atoms with Crippen LogP contribution in [0.15, 0.2) is 34.9 Å². The fraction of sp³-hybridized carbons (Fsp3) is 0.286. The van der Waals surface area contributed by atoms with Gasteiger partial charge in [-0.2, -0.15) is 0 Å². The number of carbonyl (C=O) groups is 1. The Labute approximate surface area is 112 Å². The van der Waals surface area contributed by atoms with Gasteiger partial charge in [0.2, 0.25) is 5.91 Å². The summed E-state index contributed by atoms with van der Waals surface area (Å²) in [6.45, 7) is 4.54. The van der Waals surface area contributed by atoms with Gasteiger partial charge in [0.05, 0.1) is 6.54 Å². The first-order valence-electron chi connectivity index (χ1n) is 6.13. The van der Waals surface area contributed by atoms with Crippen LogP contribution >= 0.6 is 0 Å². The fourth-order valence-electron chi connectivity index (χ4n) is 1.59. The number of anilines is 1. The molecule has 2 rings (SSSR count). The van der Waals surface area contributed by atoms with Crippen LogP contribution < -0.4 is 10.6 Å². The first-order chi connectivity index (χ1) is 9.13. The van der Waals surface area contributed by atoms with Crippen LogP contribution in [0.3, 0.4) is 0 Å². The van der Waals surface area contributed by atoms with E-state index in [1.165, 1.54) is 5.56 Å². The lowest BCUT2D eigenvalue weighted by Crippen LogP contribution is -2.29. The molecule has 0 spiro atoms. The highest BCUT2D eigenvalue weighted by molar-refractivity contribution is 5.80. The molecule has 0 aliphatic carbocycles. The van der Waals surface area contributed by atoms with Gasteiger partial charge in [-0.25, -0.2) is 0 Å². The summed E-state index contributed by atoms with van der Waals surface area (Å²) in [5.41, 5.74) is 2.29. The van der Waals surface area contributed by atoms with Gasteiger partial charge in [-0.3, -0.25) is 4.79 Å². The van der Waals surface area contributed by atoms with E-state index in [1.807, 2.05) is 31.2 Å². The lowest BCUT2D eigenvalue weighted by atomic mass is 10.1. The van der Waals surface area contributed by atoms with E-state index in [0.29, 0.717) is 18.1 Å². The third-order valence-electron chi connectivity index (χ3n) is 2.67. The summed E-state index contributed by atoms with van der Waals surface area (Å²) in [7, 11) is 0. The number of nitrogens with zero attached hydrogens (tertiary/aromatic N) is 1. The SMILES string of the molecule is Cc1ccc(CNC(=O)CNc2cc(C)on2)cc1. The molecule has 0 bridgehead atoms. The highest BCUT2D eigenvalue weighted by atomic mass is 16.5. The smallest absolute Gasteiger partial charge is 0.239 e. The van der Waals surface area contributed by atoms with Crippen LogP contribution in [0.5, 0.6) is 0 Å². The maximum atomic E-state index is 11.6. The first-order valence-corrected chi connectivity index (χ1v) is 6.13. The van der Waals surface area contributed by atoms with Crippen LogP contribution in [0.25, 0.3) is 0 Å². The average molecular weight is 259 g/mol. The second-order valence-corrected chi connectivity index (χ2v) is 4.44. The van der Waals surface area contributed by atoms with Crippen molar-refractivity contribution in [2.45, 2.75) is 20.4 Å². The summed E-state index contributed by atoms with van der Waals surface area (Å²) < 4.78 is 4.89. The Bertz CT molecular complexity index is 546. The van der Waals surface area contributed by atoms with E-state index in [9.17, 15) is 4.79 Å². The highest BCUT2D eigenvalue weighted by Crippen LogP contribution is 2.06. The van der Waals surface area contributed by atoms with Gasteiger partial charge < -0.3 is 15.2 Å². The van der Waals surface area contributed by atoms with Crippen LogP contribution in [0.1, 0.15) is 16.9 Å². The second kappa shape index (κ2) is 6.04. The van der Waals surface area contributed by atoms with Gasteiger partial charge in [0.25, 0.3) is 0 Å². The van der Waals surface area contributed by atoms with E-state index >= 15 is 0 Å². The normalized spacial score (nSPS) is 10.2. The number of carbonyl (C=O) groups excluding carboxylic acids is 1. The van der Waals surface area contributed by atoms with Gasteiger partial charge in [0.1, 0.15) is 5.76 Å². The van der Waals surface area contributed by atoms with Crippen molar-refractivity contribution < 1.29 is 9.32 Å². The fourth-order valence-corrected chi connectivity index (χ4v) is 1.59. The monoisotopic (exact) mass is 259 g/mol. The number of hydrogen-bond donors (Lipinski definition) is 2. The molecule has 0 fully saturated rings. The Hall–Kier alpha value is -2.30. The maximum Gasteiger partial charge on any atom is 0.239 e. The summed E-state index contributed by atoms with van der Waals surface area (Å²) >= 11 is 0. The summed E-state index contributed by atoms with van der Waals surface area (Å²) in [6, 6.07) is 9.80. The molecular formula is C14H17N3O2. The van der Waals surface area contributed by atoms with Gasteiger partial charge >= 0.3 is 0 Å². The minimum absolute atomic E-state index is 0.0822. The molecule has 0 unspecified atom stereocenters. The average Bonchev–Trinajstić information content (AvgIpc) is 2.81. The van der Waals surface area contributed by atoms with Crippen molar-refractivity contribution in [3.05, 3.63) is 47.2 Å². The lowest BCUT2D eigenvalue weighted by Gasteiger charge is -2.06. The molecule has 100 valence electrons. The van der Waals surface area contributed by atoms with E-state index in [2.05, 4.69) is 15.8 Å². The maximum absolute atomic E-state index is 11.6. The molecule has 0 aliphatic heterocycles. The first kappa shape index (κ1) is 13.1. The molecule has 1 aromatic heterocycles. The van der Waals surface area contributed by atoms with Crippen molar-refractivity contribution in [2.24, 2.45) is 0 Å². The molecule has 5 heteroatoms. The summed E-state index contributed by atoms with van der Waals surface area (Å²) in [5, 5.41) is 9.48. The van der Waals surface area contributed by atoms with E-state index in [1.54, 1.807) is 13.0 Å². The molecule has 0 aliphatic rings. The zero-order valence-corrected chi connectivity index (χ0v) is 11.1. The Morgan fingerprint density at radius 2 is 2.00 bits per heavy atom. The van der Waals surface area contributed by atoms with Gasteiger partial charge in [0.15, 0.2) is 5.82 Å². The molecule has 19 heavy (non-hydrogen) atoms. The Morgan fingerprint density at radius 1 is 1.26 bits per heavy atom. The van der Waals surface area contributed by atoms with Gasteiger partial charge in [-0.15, -0.1) is 0 Å². The molecule has 0 atom stereocenters.